The van der Waals surface area contributed by atoms with E-state index in [9.17, 15) is 14.4 Å². The van der Waals surface area contributed by atoms with Crippen molar-refractivity contribution in [2.45, 2.75) is 78.0 Å². The van der Waals surface area contributed by atoms with Crippen molar-refractivity contribution in [1.29, 1.82) is 0 Å². The molecule has 3 aromatic carbocycles. The number of ether oxygens (including phenoxy) is 2. The van der Waals surface area contributed by atoms with Crippen molar-refractivity contribution < 1.29 is 23.9 Å². The summed E-state index contributed by atoms with van der Waals surface area (Å²) in [5.41, 5.74) is 2.75. The van der Waals surface area contributed by atoms with Gasteiger partial charge in [-0.15, -0.1) is 0 Å². The van der Waals surface area contributed by atoms with Gasteiger partial charge in [-0.2, -0.15) is 0 Å². The number of piperidine rings is 1. The van der Waals surface area contributed by atoms with E-state index in [4.69, 9.17) is 9.47 Å². The predicted molar refractivity (Wildman–Crippen MR) is 171 cm³/mol. The third kappa shape index (κ3) is 9.47. The SMILES string of the molecule is CC(C)(C)OC(=O)N(Cc1cccc(C2CCN(C(=O)c3cccc(C#Cc4ccccc4)c3)CC2)c1)C(=O)OC(C)(C)C. The molecule has 4 rings (SSSR count). The second-order valence-electron chi connectivity index (χ2n) is 13.1. The maximum atomic E-state index is 13.4. The van der Waals surface area contributed by atoms with Crippen LogP contribution in [0.5, 0.6) is 0 Å². The lowest BCUT2D eigenvalue weighted by Gasteiger charge is -2.32. The van der Waals surface area contributed by atoms with Crippen LogP contribution >= 0.6 is 0 Å². The summed E-state index contributed by atoms with van der Waals surface area (Å²) in [6.45, 7) is 11.8. The highest BCUT2D eigenvalue weighted by atomic mass is 16.6. The lowest BCUT2D eigenvalue weighted by atomic mass is 9.88. The van der Waals surface area contributed by atoms with Gasteiger partial charge in [-0.3, -0.25) is 4.79 Å². The number of hydrogen-bond acceptors (Lipinski definition) is 5. The van der Waals surface area contributed by atoms with Crippen LogP contribution < -0.4 is 0 Å². The summed E-state index contributed by atoms with van der Waals surface area (Å²) >= 11 is 0. The molecular weight excluding hydrogens is 552 g/mol. The van der Waals surface area contributed by atoms with Crippen LogP contribution in [0.15, 0.2) is 78.9 Å². The van der Waals surface area contributed by atoms with Crippen LogP contribution in [0.1, 0.15) is 92.9 Å². The molecule has 7 nitrogen and oxygen atoms in total. The lowest BCUT2D eigenvalue weighted by Crippen LogP contribution is -2.43. The zero-order valence-electron chi connectivity index (χ0n) is 26.6. The van der Waals surface area contributed by atoms with E-state index in [-0.39, 0.29) is 18.4 Å². The summed E-state index contributed by atoms with van der Waals surface area (Å²) in [4.78, 5) is 42.2. The minimum atomic E-state index is -0.762. The topological polar surface area (TPSA) is 76.2 Å². The fourth-order valence-electron chi connectivity index (χ4n) is 4.96. The molecule has 1 fully saturated rings. The van der Waals surface area contributed by atoms with E-state index in [0.29, 0.717) is 18.7 Å². The summed E-state index contributed by atoms with van der Waals surface area (Å²) < 4.78 is 11.0. The minimum absolute atomic E-state index is 0.00549. The fourth-order valence-corrected chi connectivity index (χ4v) is 4.96. The van der Waals surface area contributed by atoms with E-state index in [0.717, 1.165) is 40.0 Å². The molecule has 0 saturated carbocycles. The second-order valence-corrected chi connectivity index (χ2v) is 13.1. The zero-order chi connectivity index (χ0) is 31.9. The quantitative estimate of drug-likeness (QED) is 0.288. The van der Waals surface area contributed by atoms with Gasteiger partial charge in [0, 0.05) is 29.8 Å². The molecule has 1 aliphatic rings. The molecule has 0 atom stereocenters. The monoisotopic (exact) mass is 594 g/mol. The Morgan fingerprint density at radius 3 is 1.93 bits per heavy atom. The van der Waals surface area contributed by atoms with E-state index < -0.39 is 23.4 Å². The fraction of sp³-hybridized carbons (Fsp3) is 0.378. The predicted octanol–water partition coefficient (Wildman–Crippen LogP) is 7.78. The number of nitrogens with zero attached hydrogens (tertiary/aromatic N) is 2. The van der Waals surface area contributed by atoms with Crippen LogP contribution in [0, 0.1) is 11.8 Å². The molecule has 0 aliphatic carbocycles. The Labute approximate surface area is 261 Å². The molecule has 1 aliphatic heterocycles. The molecule has 7 heteroatoms. The number of likely N-dealkylation sites (tertiary alicyclic amines) is 1. The molecule has 230 valence electrons. The Morgan fingerprint density at radius 2 is 1.32 bits per heavy atom. The van der Waals surface area contributed by atoms with Crippen LogP contribution in [0.2, 0.25) is 0 Å². The van der Waals surface area contributed by atoms with Crippen molar-refractivity contribution >= 4 is 18.1 Å². The number of carbonyl (C=O) groups is 3. The van der Waals surface area contributed by atoms with Gasteiger partial charge in [0.25, 0.3) is 5.91 Å². The van der Waals surface area contributed by atoms with Crippen molar-refractivity contribution in [2.24, 2.45) is 0 Å². The molecule has 0 spiro atoms. The lowest BCUT2D eigenvalue weighted by molar-refractivity contribution is -0.000274. The highest BCUT2D eigenvalue weighted by Gasteiger charge is 2.32. The molecular formula is C37H42N2O5. The number of hydrogen-bond donors (Lipinski definition) is 0. The van der Waals surface area contributed by atoms with Crippen LogP contribution in [-0.2, 0) is 16.0 Å². The van der Waals surface area contributed by atoms with E-state index in [2.05, 4.69) is 17.9 Å². The molecule has 0 unspecified atom stereocenters. The third-order valence-corrected chi connectivity index (χ3v) is 7.01. The van der Waals surface area contributed by atoms with E-state index in [1.165, 1.54) is 0 Å². The first-order valence-electron chi connectivity index (χ1n) is 15.1. The average Bonchev–Trinajstić information content (AvgIpc) is 2.97. The number of imide groups is 1. The first-order chi connectivity index (χ1) is 20.8. The van der Waals surface area contributed by atoms with Gasteiger partial charge in [-0.25, -0.2) is 14.5 Å². The maximum absolute atomic E-state index is 13.4. The first-order valence-corrected chi connectivity index (χ1v) is 15.1. The Morgan fingerprint density at radius 1 is 0.750 bits per heavy atom. The van der Waals surface area contributed by atoms with Crippen LogP contribution in [0.25, 0.3) is 0 Å². The van der Waals surface area contributed by atoms with Crippen molar-refractivity contribution in [3.05, 3.63) is 107 Å². The second kappa shape index (κ2) is 13.8. The summed E-state index contributed by atoms with van der Waals surface area (Å²) in [5.74, 6) is 6.56. The van der Waals surface area contributed by atoms with Crippen LogP contribution in [0.3, 0.4) is 0 Å². The normalized spacial score (nSPS) is 13.8. The van der Waals surface area contributed by atoms with Crippen LogP contribution in [0.4, 0.5) is 9.59 Å². The van der Waals surface area contributed by atoms with Gasteiger partial charge < -0.3 is 14.4 Å². The number of rotatable bonds is 4. The highest BCUT2D eigenvalue weighted by molar-refractivity contribution is 5.94. The largest absolute Gasteiger partial charge is 0.443 e. The van der Waals surface area contributed by atoms with Gasteiger partial charge in [0.2, 0.25) is 0 Å². The summed E-state index contributed by atoms with van der Waals surface area (Å²) in [7, 11) is 0. The van der Waals surface area contributed by atoms with Gasteiger partial charge in [-0.1, -0.05) is 60.4 Å². The molecule has 3 amide bonds. The molecule has 0 bridgehead atoms. The van der Waals surface area contributed by atoms with Crippen molar-refractivity contribution in [2.75, 3.05) is 13.1 Å². The maximum Gasteiger partial charge on any atom is 0.420 e. The summed E-state index contributed by atoms with van der Waals surface area (Å²) in [5, 5.41) is 0. The molecule has 3 aromatic rings. The molecule has 44 heavy (non-hydrogen) atoms. The van der Waals surface area contributed by atoms with Gasteiger partial charge in [-0.05, 0) is 102 Å². The first kappa shape index (κ1) is 32.3. The van der Waals surface area contributed by atoms with Gasteiger partial charge in [0.15, 0.2) is 0 Å². The number of carbonyl (C=O) groups excluding carboxylic acids is 3. The Balaban J connectivity index is 1.41. The zero-order valence-corrected chi connectivity index (χ0v) is 26.6. The summed E-state index contributed by atoms with van der Waals surface area (Å²) in [6.07, 6.45) is 0.118. The van der Waals surface area contributed by atoms with E-state index in [1.807, 2.05) is 77.7 Å². The average molecular weight is 595 g/mol. The van der Waals surface area contributed by atoms with Crippen molar-refractivity contribution in [1.82, 2.24) is 9.80 Å². The molecule has 0 N–H and O–H groups in total. The third-order valence-electron chi connectivity index (χ3n) is 7.01. The standard InChI is InChI=1S/C37H42N2O5/c1-36(2,3)43-34(41)39(35(42)44-37(4,5)6)26-29-15-11-16-31(25-29)30-20-22-38(23-21-30)33(40)32-17-10-14-28(24-32)19-18-27-12-8-7-9-13-27/h7-17,24-25,30H,20-23,26H2,1-6H3. The highest BCUT2D eigenvalue weighted by Crippen LogP contribution is 2.30. The van der Waals surface area contributed by atoms with Crippen molar-refractivity contribution in [3.8, 4) is 11.8 Å². The van der Waals surface area contributed by atoms with Crippen LogP contribution in [-0.4, -0.2) is 52.2 Å². The minimum Gasteiger partial charge on any atom is -0.443 e. The molecule has 1 saturated heterocycles. The van der Waals surface area contributed by atoms with E-state index >= 15 is 0 Å². The summed E-state index contributed by atoms with van der Waals surface area (Å²) in [6, 6.07) is 25.2. The van der Waals surface area contributed by atoms with E-state index in [1.54, 1.807) is 41.5 Å². The Bertz CT molecular complexity index is 1500. The number of benzene rings is 3. The van der Waals surface area contributed by atoms with Gasteiger partial charge >= 0.3 is 12.2 Å². The van der Waals surface area contributed by atoms with Crippen molar-refractivity contribution in [3.63, 3.8) is 0 Å². The van der Waals surface area contributed by atoms with Gasteiger partial charge in [0.05, 0.1) is 6.54 Å². The molecule has 1 heterocycles. The Kier molecular flexibility index (Phi) is 10.2. The molecule has 0 aromatic heterocycles. The van der Waals surface area contributed by atoms with Gasteiger partial charge in [0.1, 0.15) is 11.2 Å². The smallest absolute Gasteiger partial charge is 0.420 e. The molecule has 0 radical (unpaired) electrons. The Hall–Kier alpha value is -4.57. The number of amides is 3.